The van der Waals surface area contributed by atoms with Gasteiger partial charge in [-0.3, -0.25) is 4.68 Å². The van der Waals surface area contributed by atoms with Crippen molar-refractivity contribution < 1.29 is 9.53 Å². The Bertz CT molecular complexity index is 601. The number of nitriles is 1. The fraction of sp³-hybridized carbons (Fsp3) is 0.214. The number of hydrogen-bond acceptors (Lipinski definition) is 4. The minimum absolute atomic E-state index is 0.243. The quantitative estimate of drug-likeness (QED) is 0.896. The first-order valence-corrected chi connectivity index (χ1v) is 6.15. The molecule has 2 rings (SSSR count). The van der Waals surface area contributed by atoms with Gasteiger partial charge in [0.1, 0.15) is 12.7 Å². The lowest BCUT2D eigenvalue weighted by Crippen LogP contribution is -2.27. The monoisotopic (exact) mass is 270 g/mol. The van der Waals surface area contributed by atoms with Gasteiger partial charge in [-0.25, -0.2) is 4.79 Å². The van der Waals surface area contributed by atoms with Gasteiger partial charge in [0.2, 0.25) is 0 Å². The Hall–Kier alpha value is -2.81. The normalized spacial score (nSPS) is 9.75. The van der Waals surface area contributed by atoms with Crippen LogP contribution < -0.4 is 5.32 Å². The highest BCUT2D eigenvalue weighted by Crippen LogP contribution is 2.00. The Morgan fingerprint density at radius 2 is 2.20 bits per heavy atom. The van der Waals surface area contributed by atoms with Crippen LogP contribution in [0.1, 0.15) is 11.1 Å². The number of amides is 1. The van der Waals surface area contributed by atoms with Crippen molar-refractivity contribution in [1.29, 1.82) is 5.26 Å². The molecule has 1 aromatic heterocycles. The van der Waals surface area contributed by atoms with E-state index in [-0.39, 0.29) is 6.61 Å². The van der Waals surface area contributed by atoms with E-state index in [2.05, 4.69) is 10.4 Å². The molecule has 6 heteroatoms. The number of alkyl carbamates (subject to hydrolysis) is 1. The van der Waals surface area contributed by atoms with Gasteiger partial charge in [-0.05, 0) is 5.56 Å². The number of rotatable bonds is 5. The summed E-state index contributed by atoms with van der Waals surface area (Å²) < 4.78 is 6.65. The number of ether oxygens (including phenoxy) is 1. The molecule has 0 saturated carbocycles. The predicted molar refractivity (Wildman–Crippen MR) is 71.6 cm³/mol. The van der Waals surface area contributed by atoms with Crippen LogP contribution in [-0.4, -0.2) is 22.4 Å². The molecule has 2 aromatic rings. The van der Waals surface area contributed by atoms with Crippen LogP contribution in [-0.2, 0) is 17.9 Å². The summed E-state index contributed by atoms with van der Waals surface area (Å²) in [6.07, 6.45) is 2.63. The van der Waals surface area contributed by atoms with Crippen LogP contribution in [0.15, 0.2) is 42.7 Å². The molecular formula is C14H14N4O2. The minimum atomic E-state index is -0.471. The second kappa shape index (κ2) is 6.95. The lowest BCUT2D eigenvalue weighted by molar-refractivity contribution is 0.139. The second-order valence-electron chi connectivity index (χ2n) is 4.09. The Kier molecular flexibility index (Phi) is 4.73. The average molecular weight is 270 g/mol. The number of benzene rings is 1. The zero-order valence-electron chi connectivity index (χ0n) is 10.8. The summed E-state index contributed by atoms with van der Waals surface area (Å²) in [6, 6.07) is 11.5. The van der Waals surface area contributed by atoms with Crippen LogP contribution in [0.2, 0.25) is 0 Å². The molecule has 1 heterocycles. The number of nitrogens with zero attached hydrogens (tertiary/aromatic N) is 3. The zero-order valence-corrected chi connectivity index (χ0v) is 10.8. The number of aromatic nitrogens is 2. The third-order valence-corrected chi connectivity index (χ3v) is 2.59. The van der Waals surface area contributed by atoms with Gasteiger partial charge in [0, 0.05) is 12.7 Å². The fourth-order valence-corrected chi connectivity index (χ4v) is 1.59. The van der Waals surface area contributed by atoms with Crippen LogP contribution in [0.4, 0.5) is 4.79 Å². The largest absolute Gasteiger partial charge is 0.445 e. The SMILES string of the molecule is N#Cc1cnn(CCNC(=O)OCc2ccccc2)c1. The molecule has 1 amide bonds. The van der Waals surface area contributed by atoms with Gasteiger partial charge in [-0.15, -0.1) is 0 Å². The van der Waals surface area contributed by atoms with E-state index < -0.39 is 6.09 Å². The van der Waals surface area contributed by atoms with Gasteiger partial charge in [0.25, 0.3) is 0 Å². The molecule has 0 fully saturated rings. The van der Waals surface area contributed by atoms with Crippen molar-refractivity contribution in [3.63, 3.8) is 0 Å². The maximum atomic E-state index is 11.5. The first kappa shape index (κ1) is 13.6. The van der Waals surface area contributed by atoms with Gasteiger partial charge in [0.15, 0.2) is 0 Å². The average Bonchev–Trinajstić information content (AvgIpc) is 2.94. The van der Waals surface area contributed by atoms with Gasteiger partial charge in [-0.1, -0.05) is 30.3 Å². The molecule has 0 radical (unpaired) electrons. The van der Waals surface area contributed by atoms with Crippen molar-refractivity contribution in [2.24, 2.45) is 0 Å². The molecule has 0 aliphatic rings. The number of carbonyl (C=O) groups excluding carboxylic acids is 1. The van der Waals surface area contributed by atoms with Crippen molar-refractivity contribution in [3.8, 4) is 6.07 Å². The van der Waals surface area contributed by atoms with E-state index in [0.29, 0.717) is 18.7 Å². The summed E-state index contributed by atoms with van der Waals surface area (Å²) in [5.74, 6) is 0. The maximum absolute atomic E-state index is 11.5. The Balaban J connectivity index is 1.66. The highest BCUT2D eigenvalue weighted by molar-refractivity contribution is 5.67. The van der Waals surface area contributed by atoms with Crippen molar-refractivity contribution in [1.82, 2.24) is 15.1 Å². The van der Waals surface area contributed by atoms with Gasteiger partial charge in [-0.2, -0.15) is 10.4 Å². The Morgan fingerprint density at radius 3 is 2.90 bits per heavy atom. The number of carbonyl (C=O) groups is 1. The van der Waals surface area contributed by atoms with Crippen molar-refractivity contribution in [3.05, 3.63) is 53.9 Å². The van der Waals surface area contributed by atoms with Gasteiger partial charge >= 0.3 is 6.09 Å². The third kappa shape index (κ3) is 4.14. The van der Waals surface area contributed by atoms with Crippen LogP contribution in [0.5, 0.6) is 0 Å². The molecule has 0 aliphatic heterocycles. The van der Waals surface area contributed by atoms with Gasteiger partial charge in [0.05, 0.1) is 18.3 Å². The topological polar surface area (TPSA) is 79.9 Å². The predicted octanol–water partition coefficient (Wildman–Crippen LogP) is 1.68. The fourth-order valence-electron chi connectivity index (χ4n) is 1.59. The first-order valence-electron chi connectivity index (χ1n) is 6.15. The second-order valence-corrected chi connectivity index (χ2v) is 4.09. The first-order chi connectivity index (χ1) is 9.78. The molecule has 0 saturated heterocycles. The summed E-state index contributed by atoms with van der Waals surface area (Å²) in [4.78, 5) is 11.5. The van der Waals surface area contributed by atoms with Crippen molar-refractivity contribution >= 4 is 6.09 Å². The minimum Gasteiger partial charge on any atom is -0.445 e. The lowest BCUT2D eigenvalue weighted by atomic mass is 10.2. The standard InChI is InChI=1S/C14H14N4O2/c15-8-13-9-17-18(10-13)7-6-16-14(19)20-11-12-4-2-1-3-5-12/h1-5,9-10H,6-7,11H2,(H,16,19). The summed E-state index contributed by atoms with van der Waals surface area (Å²) in [7, 11) is 0. The molecule has 0 bridgehead atoms. The van der Waals surface area contributed by atoms with E-state index in [4.69, 9.17) is 10.00 Å². The van der Waals surface area contributed by atoms with Crippen LogP contribution >= 0.6 is 0 Å². The van der Waals surface area contributed by atoms with E-state index in [1.54, 1.807) is 10.9 Å². The van der Waals surface area contributed by atoms with E-state index in [1.165, 1.54) is 6.20 Å². The Labute approximate surface area is 116 Å². The van der Waals surface area contributed by atoms with E-state index in [1.807, 2.05) is 36.4 Å². The highest BCUT2D eigenvalue weighted by atomic mass is 16.5. The van der Waals surface area contributed by atoms with Crippen molar-refractivity contribution in [2.75, 3.05) is 6.54 Å². The van der Waals surface area contributed by atoms with Crippen LogP contribution in [0.25, 0.3) is 0 Å². The number of nitrogens with one attached hydrogen (secondary N) is 1. The van der Waals surface area contributed by atoms with Crippen LogP contribution in [0.3, 0.4) is 0 Å². The Morgan fingerprint density at radius 1 is 1.40 bits per heavy atom. The smallest absolute Gasteiger partial charge is 0.407 e. The summed E-state index contributed by atoms with van der Waals surface area (Å²) >= 11 is 0. The molecule has 20 heavy (non-hydrogen) atoms. The molecule has 6 nitrogen and oxygen atoms in total. The number of hydrogen-bond donors (Lipinski definition) is 1. The van der Waals surface area contributed by atoms with Crippen LogP contribution in [0, 0.1) is 11.3 Å². The molecule has 102 valence electrons. The molecule has 0 aliphatic carbocycles. The molecule has 0 unspecified atom stereocenters. The zero-order chi connectivity index (χ0) is 14.2. The third-order valence-electron chi connectivity index (χ3n) is 2.59. The lowest BCUT2D eigenvalue weighted by Gasteiger charge is -2.07. The van der Waals surface area contributed by atoms with E-state index >= 15 is 0 Å². The maximum Gasteiger partial charge on any atom is 0.407 e. The summed E-state index contributed by atoms with van der Waals surface area (Å²) in [5, 5.41) is 15.3. The molecule has 1 aromatic carbocycles. The molecule has 0 atom stereocenters. The van der Waals surface area contributed by atoms with Crippen molar-refractivity contribution in [2.45, 2.75) is 13.2 Å². The van der Waals surface area contributed by atoms with E-state index in [0.717, 1.165) is 5.56 Å². The van der Waals surface area contributed by atoms with Gasteiger partial charge < -0.3 is 10.1 Å². The molecular weight excluding hydrogens is 256 g/mol. The van der Waals surface area contributed by atoms with E-state index in [9.17, 15) is 4.79 Å². The summed E-state index contributed by atoms with van der Waals surface area (Å²) in [5.41, 5.74) is 1.44. The molecule has 1 N–H and O–H groups in total. The summed E-state index contributed by atoms with van der Waals surface area (Å²) in [6.45, 7) is 1.12. The highest BCUT2D eigenvalue weighted by Gasteiger charge is 2.02. The molecule has 0 spiro atoms.